The average molecular weight is 333 g/mol. The lowest BCUT2D eigenvalue weighted by molar-refractivity contribution is 0.0757. The highest BCUT2D eigenvalue weighted by atomic mass is 35.5. The highest BCUT2D eigenvalue weighted by molar-refractivity contribution is 6.33. The summed E-state index contributed by atoms with van der Waals surface area (Å²) in [5, 5.41) is 3.54. The van der Waals surface area contributed by atoms with Gasteiger partial charge in [-0.05, 0) is 49.9 Å². The molecule has 1 amide bonds. The summed E-state index contributed by atoms with van der Waals surface area (Å²) in [7, 11) is 0. The van der Waals surface area contributed by atoms with E-state index in [9.17, 15) is 9.18 Å². The number of likely N-dealkylation sites (tertiary alicyclic amines) is 1. The van der Waals surface area contributed by atoms with Gasteiger partial charge in [-0.15, -0.1) is 12.4 Å². The van der Waals surface area contributed by atoms with Crippen LogP contribution in [-0.4, -0.2) is 37.0 Å². The van der Waals surface area contributed by atoms with E-state index in [-0.39, 0.29) is 34.3 Å². The first-order valence-corrected chi connectivity index (χ1v) is 7.43. The predicted molar refractivity (Wildman–Crippen MR) is 83.7 cm³/mol. The van der Waals surface area contributed by atoms with Gasteiger partial charge < -0.3 is 10.2 Å². The topological polar surface area (TPSA) is 32.3 Å². The Kier molecular flexibility index (Phi) is 5.12. The normalized spacial score (nSPS) is 20.4. The van der Waals surface area contributed by atoms with Gasteiger partial charge in [0, 0.05) is 13.1 Å². The van der Waals surface area contributed by atoms with E-state index in [0.29, 0.717) is 6.54 Å². The van der Waals surface area contributed by atoms with Gasteiger partial charge in [0.2, 0.25) is 0 Å². The van der Waals surface area contributed by atoms with Crippen LogP contribution in [0.1, 0.15) is 29.6 Å². The molecule has 2 fully saturated rings. The van der Waals surface area contributed by atoms with Crippen LogP contribution in [0.3, 0.4) is 0 Å². The molecule has 116 valence electrons. The van der Waals surface area contributed by atoms with E-state index in [1.165, 1.54) is 12.1 Å². The third kappa shape index (κ3) is 3.17. The van der Waals surface area contributed by atoms with Crippen LogP contribution in [0.4, 0.5) is 4.39 Å². The van der Waals surface area contributed by atoms with E-state index in [4.69, 9.17) is 11.6 Å². The van der Waals surface area contributed by atoms with Crippen molar-refractivity contribution in [1.82, 2.24) is 10.2 Å². The van der Waals surface area contributed by atoms with Crippen LogP contribution in [0.2, 0.25) is 5.02 Å². The standard InChI is InChI=1S/C15H18ClFN2O.ClH/c16-11-2-1-3-12(17)13(11)14(20)19-9-6-15(10-19)4-7-18-8-5-15;/h1-3,18H,4-10H2;1H. The summed E-state index contributed by atoms with van der Waals surface area (Å²) in [6.45, 7) is 3.42. The fraction of sp³-hybridized carbons (Fsp3) is 0.533. The van der Waals surface area contributed by atoms with E-state index in [1.807, 2.05) is 0 Å². The number of halogens is 3. The van der Waals surface area contributed by atoms with Crippen LogP contribution in [0.15, 0.2) is 18.2 Å². The third-order valence-electron chi connectivity index (χ3n) is 4.57. The number of carbonyl (C=O) groups excluding carboxylic acids is 1. The Labute approximate surface area is 135 Å². The van der Waals surface area contributed by atoms with Crippen LogP contribution < -0.4 is 5.32 Å². The summed E-state index contributed by atoms with van der Waals surface area (Å²) in [6.07, 6.45) is 3.18. The lowest BCUT2D eigenvalue weighted by Crippen LogP contribution is -2.40. The van der Waals surface area contributed by atoms with Crippen molar-refractivity contribution in [3.05, 3.63) is 34.6 Å². The van der Waals surface area contributed by atoms with Crippen molar-refractivity contribution < 1.29 is 9.18 Å². The van der Waals surface area contributed by atoms with E-state index >= 15 is 0 Å². The molecule has 1 N–H and O–H groups in total. The number of rotatable bonds is 1. The zero-order chi connectivity index (χ0) is 14.2. The Bertz CT molecular complexity index is 512. The molecule has 0 saturated carbocycles. The van der Waals surface area contributed by atoms with Gasteiger partial charge in [-0.2, -0.15) is 0 Å². The van der Waals surface area contributed by atoms with Gasteiger partial charge in [0.05, 0.1) is 10.6 Å². The van der Waals surface area contributed by atoms with Gasteiger partial charge in [0.15, 0.2) is 0 Å². The van der Waals surface area contributed by atoms with E-state index in [0.717, 1.165) is 38.9 Å². The largest absolute Gasteiger partial charge is 0.338 e. The monoisotopic (exact) mass is 332 g/mol. The minimum absolute atomic E-state index is 0. The Morgan fingerprint density at radius 1 is 1.29 bits per heavy atom. The summed E-state index contributed by atoms with van der Waals surface area (Å²) in [5.74, 6) is -0.808. The van der Waals surface area contributed by atoms with Gasteiger partial charge in [-0.25, -0.2) is 4.39 Å². The number of nitrogens with zero attached hydrogens (tertiary/aromatic N) is 1. The number of amides is 1. The number of hydrogen-bond acceptors (Lipinski definition) is 2. The molecule has 2 saturated heterocycles. The van der Waals surface area contributed by atoms with Crippen molar-refractivity contribution >= 4 is 29.9 Å². The molecular formula is C15H19Cl2FN2O. The van der Waals surface area contributed by atoms with Crippen molar-refractivity contribution in [1.29, 1.82) is 0 Å². The Balaban J connectivity index is 0.00000161. The van der Waals surface area contributed by atoms with Gasteiger partial charge in [0.1, 0.15) is 5.82 Å². The summed E-state index contributed by atoms with van der Waals surface area (Å²) < 4.78 is 13.8. The quantitative estimate of drug-likeness (QED) is 0.856. The smallest absolute Gasteiger partial charge is 0.258 e. The summed E-state index contributed by atoms with van der Waals surface area (Å²) >= 11 is 5.98. The minimum Gasteiger partial charge on any atom is -0.338 e. The first-order valence-electron chi connectivity index (χ1n) is 7.05. The Hall–Kier alpha value is -0.840. The average Bonchev–Trinajstić information content (AvgIpc) is 2.83. The molecule has 21 heavy (non-hydrogen) atoms. The van der Waals surface area contributed by atoms with Crippen LogP contribution in [-0.2, 0) is 0 Å². The number of nitrogens with one attached hydrogen (secondary N) is 1. The van der Waals surface area contributed by atoms with Crippen LogP contribution in [0, 0.1) is 11.2 Å². The highest BCUT2D eigenvalue weighted by Crippen LogP contribution is 2.39. The molecule has 2 heterocycles. The van der Waals surface area contributed by atoms with E-state index < -0.39 is 5.82 Å². The molecule has 0 radical (unpaired) electrons. The first-order chi connectivity index (χ1) is 9.61. The number of hydrogen-bond donors (Lipinski definition) is 1. The van der Waals surface area contributed by atoms with Crippen LogP contribution in [0.25, 0.3) is 0 Å². The number of carbonyl (C=O) groups is 1. The highest BCUT2D eigenvalue weighted by Gasteiger charge is 2.41. The zero-order valence-corrected chi connectivity index (χ0v) is 13.3. The van der Waals surface area contributed by atoms with Gasteiger partial charge in [0.25, 0.3) is 5.91 Å². The molecule has 6 heteroatoms. The second-order valence-electron chi connectivity index (χ2n) is 5.82. The number of piperidine rings is 1. The summed E-state index contributed by atoms with van der Waals surface area (Å²) in [5.41, 5.74) is 0.235. The molecule has 1 spiro atoms. The molecule has 2 aliphatic rings. The van der Waals surface area contributed by atoms with Crippen molar-refractivity contribution in [3.8, 4) is 0 Å². The lowest BCUT2D eigenvalue weighted by Gasteiger charge is -2.33. The van der Waals surface area contributed by atoms with Gasteiger partial charge in [-0.1, -0.05) is 17.7 Å². The minimum atomic E-state index is -0.534. The van der Waals surface area contributed by atoms with Crippen LogP contribution >= 0.6 is 24.0 Å². The van der Waals surface area contributed by atoms with E-state index in [2.05, 4.69) is 5.32 Å². The molecule has 0 aromatic heterocycles. The summed E-state index contributed by atoms with van der Waals surface area (Å²) in [6, 6.07) is 4.37. The molecule has 2 aliphatic heterocycles. The second kappa shape index (κ2) is 6.51. The molecule has 1 aromatic rings. The SMILES string of the molecule is Cl.O=C(c1c(F)cccc1Cl)N1CCC2(CCNCC2)C1. The maximum absolute atomic E-state index is 13.8. The van der Waals surface area contributed by atoms with Crippen molar-refractivity contribution in [2.45, 2.75) is 19.3 Å². The summed E-state index contributed by atoms with van der Waals surface area (Å²) in [4.78, 5) is 14.3. The van der Waals surface area contributed by atoms with Crippen molar-refractivity contribution in [2.75, 3.05) is 26.2 Å². The molecular weight excluding hydrogens is 314 g/mol. The predicted octanol–water partition coefficient (Wildman–Crippen LogP) is 3.12. The third-order valence-corrected chi connectivity index (χ3v) is 4.88. The molecule has 0 aliphatic carbocycles. The van der Waals surface area contributed by atoms with Crippen molar-refractivity contribution in [3.63, 3.8) is 0 Å². The number of benzene rings is 1. The fourth-order valence-corrected chi connectivity index (χ4v) is 3.58. The zero-order valence-electron chi connectivity index (χ0n) is 11.7. The Morgan fingerprint density at radius 2 is 2.00 bits per heavy atom. The van der Waals surface area contributed by atoms with Gasteiger partial charge in [-0.3, -0.25) is 4.79 Å². The molecule has 0 bridgehead atoms. The fourth-order valence-electron chi connectivity index (χ4n) is 3.33. The second-order valence-corrected chi connectivity index (χ2v) is 6.23. The maximum Gasteiger partial charge on any atom is 0.258 e. The van der Waals surface area contributed by atoms with E-state index in [1.54, 1.807) is 11.0 Å². The molecule has 1 aromatic carbocycles. The lowest BCUT2D eigenvalue weighted by atomic mass is 9.78. The maximum atomic E-state index is 13.8. The van der Waals surface area contributed by atoms with Gasteiger partial charge >= 0.3 is 0 Å². The molecule has 0 atom stereocenters. The van der Waals surface area contributed by atoms with Crippen molar-refractivity contribution in [2.24, 2.45) is 5.41 Å². The van der Waals surface area contributed by atoms with Crippen LogP contribution in [0.5, 0.6) is 0 Å². The molecule has 3 rings (SSSR count). The molecule has 0 unspecified atom stereocenters. The molecule has 3 nitrogen and oxygen atoms in total. The first kappa shape index (κ1) is 16.5. The Morgan fingerprint density at radius 3 is 2.67 bits per heavy atom.